The second kappa shape index (κ2) is 6.17. The van der Waals surface area contributed by atoms with E-state index in [1.165, 1.54) is 18.3 Å². The van der Waals surface area contributed by atoms with Crippen LogP contribution in [0.5, 0.6) is 0 Å². The monoisotopic (exact) mass is 326 g/mol. The quantitative estimate of drug-likeness (QED) is 0.642. The van der Waals surface area contributed by atoms with Gasteiger partial charge in [-0.05, 0) is 6.07 Å². The number of ether oxygens (including phenoxy) is 1. The summed E-state index contributed by atoms with van der Waals surface area (Å²) < 4.78 is 44.1. The van der Waals surface area contributed by atoms with Crippen LogP contribution < -0.4 is 15.6 Å². The largest absolute Gasteiger partial charge is 0.464 e. The van der Waals surface area contributed by atoms with Gasteiger partial charge in [-0.3, -0.25) is 10.1 Å². The van der Waals surface area contributed by atoms with E-state index in [-0.39, 0.29) is 10.8 Å². The highest BCUT2D eigenvalue weighted by molar-refractivity contribution is 6.30. The number of esters is 1. The van der Waals surface area contributed by atoms with Crippen LogP contribution in [0.1, 0.15) is 6.92 Å². The van der Waals surface area contributed by atoms with Crippen molar-refractivity contribution in [3.8, 4) is 0 Å². The fourth-order valence-corrected chi connectivity index (χ4v) is 1.61. The Morgan fingerprint density at radius 1 is 1.33 bits per heavy atom. The topological polar surface area (TPSA) is 81.6 Å². The zero-order chi connectivity index (χ0) is 16.3. The van der Waals surface area contributed by atoms with Crippen LogP contribution in [0.4, 0.5) is 19.0 Å². The standard InChI is InChI=1S/C11H11ClF3N3O3/c1-6(19)17-10(9(20)21-2,11(13,14)15)18-8-4-3-7(12)5-16-8/h3-5H,1-2H3,(H,16,18)(H,17,19)/p+1/t10-/m0/s1. The van der Waals surface area contributed by atoms with E-state index in [2.05, 4.69) is 9.72 Å². The lowest BCUT2D eigenvalue weighted by molar-refractivity contribution is -0.362. The Bertz CT molecular complexity index is 536. The minimum atomic E-state index is -5.15. The summed E-state index contributed by atoms with van der Waals surface area (Å²) >= 11 is 5.60. The van der Waals surface area contributed by atoms with E-state index in [1.54, 1.807) is 5.32 Å². The van der Waals surface area contributed by atoms with Gasteiger partial charge in [0, 0.05) is 13.0 Å². The summed E-state index contributed by atoms with van der Waals surface area (Å²) in [5, 5.41) is 3.69. The van der Waals surface area contributed by atoms with E-state index in [4.69, 9.17) is 11.6 Å². The maximum Gasteiger partial charge on any atom is 0.464 e. The van der Waals surface area contributed by atoms with Gasteiger partial charge in [0.15, 0.2) is 0 Å². The number of H-pyrrole nitrogens is 1. The van der Waals surface area contributed by atoms with Gasteiger partial charge in [0.2, 0.25) is 5.91 Å². The fraction of sp³-hybridized carbons (Fsp3) is 0.364. The van der Waals surface area contributed by atoms with Crippen molar-refractivity contribution in [1.29, 1.82) is 0 Å². The number of aromatic amines is 1. The first kappa shape index (κ1) is 17.0. The number of halogens is 4. The molecule has 1 amide bonds. The molecular formula is C11H12ClF3N3O3+. The average Bonchev–Trinajstić information content (AvgIpc) is 2.37. The van der Waals surface area contributed by atoms with Crippen molar-refractivity contribution in [3.63, 3.8) is 0 Å². The second-order valence-corrected chi connectivity index (χ2v) is 4.40. The number of hydrogen-bond donors (Lipinski definition) is 2. The molecule has 6 nitrogen and oxygen atoms in total. The summed E-state index contributed by atoms with van der Waals surface area (Å²) in [4.78, 5) is 25.1. The maximum absolute atomic E-state index is 13.3. The molecule has 3 N–H and O–H groups in total. The molecule has 0 aliphatic heterocycles. The Kier molecular flexibility index (Phi) is 5.00. The highest BCUT2D eigenvalue weighted by atomic mass is 35.5. The molecule has 0 saturated carbocycles. The van der Waals surface area contributed by atoms with Gasteiger partial charge in [-0.2, -0.15) is 13.2 Å². The molecule has 0 spiro atoms. The second-order valence-electron chi connectivity index (χ2n) is 3.97. The zero-order valence-electron chi connectivity index (χ0n) is 11.0. The molecule has 0 radical (unpaired) electrons. The number of alkyl halides is 3. The maximum atomic E-state index is 13.3. The molecule has 0 aliphatic rings. The van der Waals surface area contributed by atoms with Crippen molar-refractivity contribution in [2.45, 2.75) is 18.8 Å². The summed E-state index contributed by atoms with van der Waals surface area (Å²) in [6.45, 7) is 0.844. The number of methoxy groups -OCH3 is 1. The smallest absolute Gasteiger partial charge is 0.464 e. The van der Waals surface area contributed by atoms with Gasteiger partial charge in [-0.1, -0.05) is 11.6 Å². The Morgan fingerprint density at radius 2 is 1.95 bits per heavy atom. The molecule has 1 atom stereocenters. The van der Waals surface area contributed by atoms with Crippen molar-refractivity contribution in [1.82, 2.24) is 5.32 Å². The minimum Gasteiger partial charge on any atom is -0.464 e. The van der Waals surface area contributed by atoms with Crippen LogP contribution in [0.15, 0.2) is 18.3 Å². The summed E-state index contributed by atoms with van der Waals surface area (Å²) in [6.07, 6.45) is -3.95. The molecule has 1 aromatic heterocycles. The van der Waals surface area contributed by atoms with Gasteiger partial charge in [-0.25, -0.2) is 15.1 Å². The number of carbonyl (C=O) groups is 2. The van der Waals surface area contributed by atoms with Crippen LogP contribution in [0.2, 0.25) is 5.02 Å². The predicted octanol–water partition coefficient (Wildman–Crippen LogP) is 1.13. The highest BCUT2D eigenvalue weighted by Crippen LogP contribution is 2.32. The molecule has 1 rings (SSSR count). The summed E-state index contributed by atoms with van der Waals surface area (Å²) in [5.41, 5.74) is -3.42. The van der Waals surface area contributed by atoms with Gasteiger partial charge in [0.05, 0.1) is 12.1 Å². The van der Waals surface area contributed by atoms with Crippen LogP contribution in [0, 0.1) is 0 Å². The molecule has 1 heterocycles. The third-order valence-electron chi connectivity index (χ3n) is 2.38. The van der Waals surface area contributed by atoms with Crippen molar-refractivity contribution in [2.75, 3.05) is 12.4 Å². The van der Waals surface area contributed by atoms with Gasteiger partial charge in [0.1, 0.15) is 6.20 Å². The third kappa shape index (κ3) is 3.75. The van der Waals surface area contributed by atoms with Crippen molar-refractivity contribution < 1.29 is 32.5 Å². The number of hydrogen-bond acceptors (Lipinski definition) is 4. The number of aromatic nitrogens is 1. The van der Waals surface area contributed by atoms with E-state index < -0.39 is 23.7 Å². The SMILES string of the molecule is COC(=O)[C@](NC(C)=O)(Nc1ccc(Cl)c[nH+]1)C(F)(F)F. The number of amides is 1. The van der Waals surface area contributed by atoms with Crippen LogP contribution in [-0.2, 0) is 14.3 Å². The van der Waals surface area contributed by atoms with E-state index >= 15 is 0 Å². The number of pyridine rings is 1. The molecule has 21 heavy (non-hydrogen) atoms. The minimum absolute atomic E-state index is 0.198. The molecule has 1 aromatic rings. The number of nitrogens with one attached hydrogen (secondary N) is 3. The first-order valence-electron chi connectivity index (χ1n) is 5.51. The Morgan fingerprint density at radius 3 is 2.33 bits per heavy atom. The van der Waals surface area contributed by atoms with Crippen molar-refractivity contribution in [3.05, 3.63) is 23.4 Å². The van der Waals surface area contributed by atoms with Crippen LogP contribution in [0.25, 0.3) is 0 Å². The summed E-state index contributed by atoms with van der Waals surface area (Å²) in [5.74, 6) is -2.98. The Balaban J connectivity index is 3.30. The highest BCUT2D eigenvalue weighted by Gasteiger charge is 2.67. The molecule has 0 unspecified atom stereocenters. The summed E-state index contributed by atoms with van der Waals surface area (Å²) in [7, 11) is 0.776. The molecular weight excluding hydrogens is 315 g/mol. The molecule has 0 fully saturated rings. The Hall–Kier alpha value is -2.03. The molecule has 0 aliphatic carbocycles. The molecule has 0 saturated heterocycles. The number of carbonyl (C=O) groups excluding carboxylic acids is 2. The lowest BCUT2D eigenvalue weighted by Gasteiger charge is -2.29. The van der Waals surface area contributed by atoms with Gasteiger partial charge >= 0.3 is 17.8 Å². The number of rotatable bonds is 4. The first-order chi connectivity index (χ1) is 9.62. The van der Waals surface area contributed by atoms with Crippen LogP contribution in [-0.4, -0.2) is 30.8 Å². The van der Waals surface area contributed by atoms with E-state index in [0.29, 0.717) is 0 Å². The summed E-state index contributed by atoms with van der Waals surface area (Å²) in [6, 6.07) is 2.47. The number of anilines is 1. The first-order valence-corrected chi connectivity index (χ1v) is 5.89. The van der Waals surface area contributed by atoms with Crippen molar-refractivity contribution in [2.24, 2.45) is 0 Å². The molecule has 116 valence electrons. The van der Waals surface area contributed by atoms with Crippen LogP contribution in [0.3, 0.4) is 0 Å². The van der Waals surface area contributed by atoms with Crippen LogP contribution >= 0.6 is 11.6 Å². The normalized spacial score (nSPS) is 14.0. The molecule has 10 heteroatoms. The van der Waals surface area contributed by atoms with Gasteiger partial charge in [0.25, 0.3) is 5.82 Å². The lowest BCUT2D eigenvalue weighted by atomic mass is 10.1. The average molecular weight is 327 g/mol. The van der Waals surface area contributed by atoms with Gasteiger partial charge in [-0.15, -0.1) is 0 Å². The van der Waals surface area contributed by atoms with E-state index in [1.807, 2.05) is 5.32 Å². The van der Waals surface area contributed by atoms with E-state index in [9.17, 15) is 22.8 Å². The molecule has 0 bridgehead atoms. The predicted molar refractivity (Wildman–Crippen MR) is 66.2 cm³/mol. The molecule has 0 aromatic carbocycles. The fourth-order valence-electron chi connectivity index (χ4n) is 1.49. The van der Waals surface area contributed by atoms with Crippen molar-refractivity contribution >= 4 is 29.3 Å². The van der Waals surface area contributed by atoms with E-state index in [0.717, 1.165) is 14.0 Å². The van der Waals surface area contributed by atoms with Gasteiger partial charge < -0.3 is 4.74 Å². The zero-order valence-corrected chi connectivity index (χ0v) is 11.7. The third-order valence-corrected chi connectivity index (χ3v) is 2.61. The lowest BCUT2D eigenvalue weighted by Crippen LogP contribution is -2.69. The Labute approximate surface area is 122 Å².